The molecule has 132 valence electrons. The van der Waals surface area contributed by atoms with Crippen molar-refractivity contribution in [2.45, 2.75) is 25.4 Å². The molecule has 2 aliphatic rings. The highest BCUT2D eigenvalue weighted by Crippen LogP contribution is 2.42. The monoisotopic (exact) mass is 359 g/mol. The minimum absolute atomic E-state index is 0. The molecule has 0 fully saturated rings. The summed E-state index contributed by atoms with van der Waals surface area (Å²) in [5, 5.41) is 0. The van der Waals surface area contributed by atoms with Crippen LogP contribution in [0.1, 0.15) is 29.3 Å². The van der Waals surface area contributed by atoms with Crippen LogP contribution >= 0.6 is 12.4 Å². The Morgan fingerprint density at radius 3 is 2.52 bits per heavy atom. The first-order chi connectivity index (χ1) is 11.7. The van der Waals surface area contributed by atoms with Crippen molar-refractivity contribution in [2.24, 2.45) is 10.7 Å². The van der Waals surface area contributed by atoms with Gasteiger partial charge < -0.3 is 20.1 Å². The topological polar surface area (TPSA) is 60.1 Å². The fraction of sp³-hybridized carbons (Fsp3) is 0.316. The lowest BCUT2D eigenvalue weighted by Crippen LogP contribution is -2.25. The van der Waals surface area contributed by atoms with E-state index < -0.39 is 6.17 Å². The van der Waals surface area contributed by atoms with Gasteiger partial charge in [-0.1, -0.05) is 6.07 Å². The number of methoxy groups -OCH3 is 2. The van der Waals surface area contributed by atoms with Gasteiger partial charge in [0.25, 0.3) is 0 Å². The van der Waals surface area contributed by atoms with Crippen molar-refractivity contribution in [3.8, 4) is 11.5 Å². The van der Waals surface area contributed by atoms with E-state index in [2.05, 4.69) is 28.1 Å². The summed E-state index contributed by atoms with van der Waals surface area (Å²) >= 11 is 0. The summed E-state index contributed by atoms with van der Waals surface area (Å²) in [5.41, 5.74) is 12.1. The van der Waals surface area contributed by atoms with Gasteiger partial charge in [-0.15, -0.1) is 12.4 Å². The number of benzene rings is 2. The summed E-state index contributed by atoms with van der Waals surface area (Å²) in [6.45, 7) is 0. The van der Waals surface area contributed by atoms with Crippen LogP contribution in [0, 0.1) is 0 Å². The van der Waals surface area contributed by atoms with Gasteiger partial charge >= 0.3 is 0 Å². The van der Waals surface area contributed by atoms with E-state index in [1.54, 1.807) is 20.6 Å². The van der Waals surface area contributed by atoms with Crippen LogP contribution in [0.2, 0.25) is 0 Å². The highest BCUT2D eigenvalue weighted by atomic mass is 35.5. The van der Waals surface area contributed by atoms with Gasteiger partial charge in [0.1, 0.15) is 6.17 Å². The molecular weight excluding hydrogens is 338 g/mol. The maximum atomic E-state index is 6.17. The zero-order valence-electron chi connectivity index (χ0n) is 14.4. The first kappa shape index (κ1) is 17.6. The van der Waals surface area contributed by atoms with Gasteiger partial charge in [0, 0.05) is 17.3 Å². The van der Waals surface area contributed by atoms with Gasteiger partial charge in [0.05, 0.1) is 26.2 Å². The Morgan fingerprint density at radius 2 is 1.76 bits per heavy atom. The average molecular weight is 360 g/mol. The molecule has 0 radical (unpaired) electrons. The third-order valence-electron chi connectivity index (χ3n) is 4.81. The Balaban J connectivity index is 0.00000182. The Labute approximate surface area is 153 Å². The maximum Gasteiger partial charge on any atom is 0.162 e. The van der Waals surface area contributed by atoms with Crippen LogP contribution in [0.3, 0.4) is 0 Å². The normalized spacial score (nSPS) is 17.6. The van der Waals surface area contributed by atoms with Crippen molar-refractivity contribution in [1.82, 2.24) is 0 Å². The van der Waals surface area contributed by atoms with E-state index in [1.807, 2.05) is 12.1 Å². The largest absolute Gasteiger partial charge is 0.493 e. The Kier molecular flexibility index (Phi) is 4.88. The van der Waals surface area contributed by atoms with E-state index >= 15 is 0 Å². The zero-order chi connectivity index (χ0) is 16.7. The van der Waals surface area contributed by atoms with Gasteiger partial charge in [-0.25, -0.2) is 0 Å². The molecule has 1 aliphatic carbocycles. The first-order valence-corrected chi connectivity index (χ1v) is 8.17. The van der Waals surface area contributed by atoms with Crippen LogP contribution in [-0.4, -0.2) is 20.6 Å². The Bertz CT molecular complexity index is 823. The maximum absolute atomic E-state index is 6.17. The van der Waals surface area contributed by atoms with Crippen molar-refractivity contribution in [3.05, 3.63) is 47.0 Å². The number of nitrogens with two attached hydrogens (primary N) is 1. The molecule has 1 unspecified atom stereocenters. The van der Waals surface area contributed by atoms with E-state index in [-0.39, 0.29) is 12.4 Å². The summed E-state index contributed by atoms with van der Waals surface area (Å²) in [5.74, 6) is 1.35. The molecule has 1 aliphatic heterocycles. The second-order valence-electron chi connectivity index (χ2n) is 6.15. The van der Waals surface area contributed by atoms with Crippen LogP contribution < -0.4 is 20.1 Å². The molecule has 2 aromatic rings. The van der Waals surface area contributed by atoms with Crippen molar-refractivity contribution < 1.29 is 9.47 Å². The summed E-state index contributed by atoms with van der Waals surface area (Å²) in [6.07, 6.45) is 4.96. The van der Waals surface area contributed by atoms with Gasteiger partial charge in [-0.3, -0.25) is 4.99 Å². The number of fused-ring (bicyclic) bond motifs is 2. The highest BCUT2D eigenvalue weighted by Gasteiger charge is 2.24. The van der Waals surface area contributed by atoms with Gasteiger partial charge in [0.15, 0.2) is 11.5 Å². The molecule has 0 aromatic heterocycles. The van der Waals surface area contributed by atoms with Crippen molar-refractivity contribution in [1.29, 1.82) is 0 Å². The van der Waals surface area contributed by atoms with Crippen molar-refractivity contribution in [3.63, 3.8) is 0 Å². The molecule has 0 bridgehead atoms. The minimum atomic E-state index is -0.398. The Morgan fingerprint density at radius 1 is 1.04 bits per heavy atom. The molecule has 2 aromatic carbocycles. The molecule has 0 spiro atoms. The van der Waals surface area contributed by atoms with E-state index in [0.717, 1.165) is 23.4 Å². The smallest absolute Gasteiger partial charge is 0.162 e. The predicted octanol–water partition coefficient (Wildman–Crippen LogP) is 3.75. The van der Waals surface area contributed by atoms with Gasteiger partial charge in [0.2, 0.25) is 0 Å². The molecule has 2 N–H and O–H groups in total. The lowest BCUT2D eigenvalue weighted by atomic mass is 10.0. The molecule has 0 saturated heterocycles. The lowest BCUT2D eigenvalue weighted by Gasteiger charge is -2.29. The second kappa shape index (κ2) is 6.94. The molecule has 1 heterocycles. The van der Waals surface area contributed by atoms with Crippen LogP contribution in [0.15, 0.2) is 35.3 Å². The van der Waals surface area contributed by atoms with Crippen molar-refractivity contribution in [2.75, 3.05) is 19.1 Å². The molecule has 25 heavy (non-hydrogen) atoms. The van der Waals surface area contributed by atoms with Crippen LogP contribution in [0.25, 0.3) is 0 Å². The molecule has 0 saturated carbocycles. The predicted molar refractivity (Wildman–Crippen MR) is 103 cm³/mol. The number of rotatable bonds is 3. The highest BCUT2D eigenvalue weighted by molar-refractivity contribution is 5.93. The van der Waals surface area contributed by atoms with E-state index in [9.17, 15) is 0 Å². The quantitative estimate of drug-likeness (QED) is 0.906. The van der Waals surface area contributed by atoms with E-state index in [4.69, 9.17) is 15.2 Å². The van der Waals surface area contributed by atoms with E-state index in [0.29, 0.717) is 11.5 Å². The van der Waals surface area contributed by atoms with E-state index in [1.165, 1.54) is 24.0 Å². The summed E-state index contributed by atoms with van der Waals surface area (Å²) in [7, 11) is 3.26. The number of aliphatic imine (C=N–C) groups is 1. The third-order valence-corrected chi connectivity index (χ3v) is 4.81. The number of ether oxygens (including phenoxy) is 2. The number of hydrogen-bond donors (Lipinski definition) is 1. The van der Waals surface area contributed by atoms with Crippen LogP contribution in [0.4, 0.5) is 11.4 Å². The number of hydrogen-bond acceptors (Lipinski definition) is 5. The molecular formula is C19H22ClN3O2. The van der Waals surface area contributed by atoms with Crippen LogP contribution in [-0.2, 0) is 12.8 Å². The fourth-order valence-corrected chi connectivity index (χ4v) is 3.52. The number of anilines is 2. The van der Waals surface area contributed by atoms with Crippen LogP contribution in [0.5, 0.6) is 11.5 Å². The average Bonchev–Trinajstić information content (AvgIpc) is 3.08. The molecule has 5 nitrogen and oxygen atoms in total. The summed E-state index contributed by atoms with van der Waals surface area (Å²) in [6, 6.07) is 10.5. The minimum Gasteiger partial charge on any atom is -0.493 e. The standard InChI is InChI=1S/C19H21N3O2.ClH/c1-23-17-9-15-16(10-18(17)24-2)22(11-21-19(15)20)14-7-6-12-4-3-5-13(12)8-14;/h6-11,19H,3-5,20H2,1-2H3;1H. The molecule has 0 amide bonds. The number of halogens is 1. The molecule has 1 atom stereocenters. The summed E-state index contributed by atoms with van der Waals surface area (Å²) in [4.78, 5) is 6.50. The first-order valence-electron chi connectivity index (χ1n) is 8.17. The zero-order valence-corrected chi connectivity index (χ0v) is 15.2. The number of nitrogens with zero attached hydrogens (tertiary/aromatic N) is 2. The SMILES string of the molecule is COc1cc2c(cc1OC)N(c1ccc3c(c1)CCC3)C=NC2N.Cl. The second-order valence-corrected chi connectivity index (χ2v) is 6.15. The number of aryl methyl sites for hydroxylation is 2. The summed E-state index contributed by atoms with van der Waals surface area (Å²) < 4.78 is 10.9. The Hall–Kier alpha value is -2.24. The van der Waals surface area contributed by atoms with Gasteiger partial charge in [-0.05, 0) is 48.6 Å². The molecule has 6 heteroatoms. The van der Waals surface area contributed by atoms with Crippen molar-refractivity contribution >= 4 is 30.1 Å². The fourth-order valence-electron chi connectivity index (χ4n) is 3.52. The van der Waals surface area contributed by atoms with Gasteiger partial charge in [-0.2, -0.15) is 0 Å². The molecule has 4 rings (SSSR count). The third kappa shape index (κ3) is 2.94. The lowest BCUT2D eigenvalue weighted by molar-refractivity contribution is 0.354.